The Morgan fingerprint density at radius 1 is 1.40 bits per heavy atom. The molecule has 1 aromatic carbocycles. The molecule has 0 fully saturated rings. The van der Waals surface area contributed by atoms with Crippen LogP contribution >= 0.6 is 11.6 Å². The van der Waals surface area contributed by atoms with Gasteiger partial charge in [0.1, 0.15) is 23.6 Å². The van der Waals surface area contributed by atoms with Gasteiger partial charge in [0.05, 0.1) is 5.02 Å². The molecule has 1 aromatic rings. The van der Waals surface area contributed by atoms with Crippen LogP contribution in [0.5, 0.6) is 0 Å². The van der Waals surface area contributed by atoms with Crippen LogP contribution in [0.4, 0.5) is 10.1 Å². The van der Waals surface area contributed by atoms with E-state index in [1.54, 1.807) is 0 Å². The molecule has 0 unspecified atom stereocenters. The Balaban J connectivity index is 2.98. The number of hydrogen-bond donors (Lipinski definition) is 1. The molecule has 0 aliphatic carbocycles. The topological polar surface area (TPSA) is 72.0 Å². The fourth-order valence-electron chi connectivity index (χ4n) is 0.791. The number of halogens is 2. The van der Waals surface area contributed by atoms with Crippen molar-refractivity contribution in [1.29, 1.82) is 10.5 Å². The first-order chi connectivity index (χ1) is 7.19. The van der Waals surface area contributed by atoms with E-state index >= 15 is 0 Å². The van der Waals surface area contributed by atoms with E-state index in [-0.39, 0.29) is 10.7 Å². The van der Waals surface area contributed by atoms with Crippen LogP contribution in [0.25, 0.3) is 0 Å². The van der Waals surface area contributed by atoms with Crippen molar-refractivity contribution in [3.8, 4) is 12.1 Å². The highest BCUT2D eigenvalue weighted by molar-refractivity contribution is 6.33. The first kappa shape index (κ1) is 11.0. The maximum atomic E-state index is 13.1. The zero-order chi connectivity index (χ0) is 11.3. The van der Waals surface area contributed by atoms with Crippen molar-refractivity contribution in [3.63, 3.8) is 0 Å². The Hall–Kier alpha value is -2.11. The highest BCUT2D eigenvalue weighted by Gasteiger charge is 2.05. The summed E-state index contributed by atoms with van der Waals surface area (Å²) in [6.07, 6.45) is 0. The molecule has 0 saturated carbocycles. The summed E-state index contributed by atoms with van der Waals surface area (Å²) in [6.45, 7) is 0. The maximum Gasteiger partial charge on any atom is 0.237 e. The molecule has 0 bridgehead atoms. The van der Waals surface area contributed by atoms with Gasteiger partial charge >= 0.3 is 0 Å². The van der Waals surface area contributed by atoms with Gasteiger partial charge in [0.25, 0.3) is 0 Å². The highest BCUT2D eigenvalue weighted by Crippen LogP contribution is 2.24. The van der Waals surface area contributed by atoms with Gasteiger partial charge in [-0.3, -0.25) is 5.43 Å². The second-order valence-corrected chi connectivity index (χ2v) is 2.80. The number of benzene rings is 1. The fourth-order valence-corrected chi connectivity index (χ4v) is 0.997. The summed E-state index contributed by atoms with van der Waals surface area (Å²) in [6, 6.07) is 7.12. The number of para-hydroxylation sites is 1. The Labute approximate surface area is 90.2 Å². The van der Waals surface area contributed by atoms with Crippen molar-refractivity contribution < 1.29 is 4.39 Å². The second kappa shape index (κ2) is 4.94. The molecule has 74 valence electrons. The lowest BCUT2D eigenvalue weighted by Gasteiger charge is -2.03. The Kier molecular flexibility index (Phi) is 3.61. The van der Waals surface area contributed by atoms with Gasteiger partial charge in [-0.15, -0.1) is 0 Å². The van der Waals surface area contributed by atoms with Gasteiger partial charge in [-0.1, -0.05) is 17.7 Å². The van der Waals surface area contributed by atoms with E-state index in [4.69, 9.17) is 22.1 Å². The predicted octanol–water partition coefficient (Wildman–Crippen LogP) is 2.29. The molecule has 0 atom stereocenters. The lowest BCUT2D eigenvalue weighted by atomic mass is 10.3. The number of hydrogen-bond acceptors (Lipinski definition) is 4. The molecule has 0 aliphatic heterocycles. The average molecular weight is 223 g/mol. The van der Waals surface area contributed by atoms with Crippen LogP contribution in [0.15, 0.2) is 23.3 Å². The van der Waals surface area contributed by atoms with E-state index in [9.17, 15) is 4.39 Å². The molecule has 0 spiro atoms. The quantitative estimate of drug-likeness (QED) is 0.616. The fraction of sp³-hybridized carbons (Fsp3) is 0. The van der Waals surface area contributed by atoms with Gasteiger partial charge in [0, 0.05) is 0 Å². The summed E-state index contributed by atoms with van der Waals surface area (Å²) >= 11 is 5.66. The summed E-state index contributed by atoms with van der Waals surface area (Å²) < 4.78 is 13.1. The van der Waals surface area contributed by atoms with E-state index in [0.29, 0.717) is 0 Å². The maximum absolute atomic E-state index is 13.1. The molecular formula is C9H4ClFN4. The molecular weight excluding hydrogens is 219 g/mol. The van der Waals surface area contributed by atoms with Gasteiger partial charge < -0.3 is 0 Å². The van der Waals surface area contributed by atoms with Crippen molar-refractivity contribution in [2.75, 3.05) is 5.43 Å². The van der Waals surface area contributed by atoms with E-state index in [1.165, 1.54) is 30.3 Å². The first-order valence-electron chi connectivity index (χ1n) is 3.77. The lowest BCUT2D eigenvalue weighted by molar-refractivity contribution is 0.631. The largest absolute Gasteiger partial charge is 0.272 e. The van der Waals surface area contributed by atoms with E-state index in [2.05, 4.69) is 10.5 Å². The number of anilines is 1. The van der Waals surface area contributed by atoms with Crippen LogP contribution in [-0.2, 0) is 0 Å². The summed E-state index contributed by atoms with van der Waals surface area (Å²) in [7, 11) is 0. The summed E-state index contributed by atoms with van der Waals surface area (Å²) in [5.41, 5.74) is 1.74. The predicted molar refractivity (Wildman–Crippen MR) is 53.7 cm³/mol. The van der Waals surface area contributed by atoms with E-state index in [0.717, 1.165) is 0 Å². The number of nitrogens with one attached hydrogen (secondary N) is 1. The van der Waals surface area contributed by atoms with Gasteiger partial charge in [-0.05, 0) is 12.1 Å². The molecule has 4 nitrogen and oxygen atoms in total. The van der Waals surface area contributed by atoms with E-state index < -0.39 is 11.5 Å². The SMILES string of the molecule is N#CC(C#N)=NNc1c(F)cccc1Cl. The first-order valence-corrected chi connectivity index (χ1v) is 4.14. The van der Waals surface area contributed by atoms with Crippen molar-refractivity contribution >= 4 is 23.0 Å². The van der Waals surface area contributed by atoms with Gasteiger partial charge in [0.2, 0.25) is 5.71 Å². The third kappa shape index (κ3) is 2.67. The van der Waals surface area contributed by atoms with Crippen molar-refractivity contribution in [1.82, 2.24) is 0 Å². The van der Waals surface area contributed by atoms with Crippen LogP contribution < -0.4 is 5.43 Å². The number of nitriles is 2. The molecule has 0 heterocycles. The van der Waals surface area contributed by atoms with Gasteiger partial charge in [0.15, 0.2) is 0 Å². The monoisotopic (exact) mass is 222 g/mol. The molecule has 0 aliphatic rings. The number of hydrazone groups is 1. The summed E-state index contributed by atoms with van der Waals surface area (Å²) in [5, 5.41) is 20.2. The zero-order valence-corrected chi connectivity index (χ0v) is 8.09. The normalized spacial score (nSPS) is 8.53. The Morgan fingerprint density at radius 2 is 2.07 bits per heavy atom. The van der Waals surface area contributed by atoms with Crippen LogP contribution in [0.1, 0.15) is 0 Å². The third-order valence-corrected chi connectivity index (χ3v) is 1.77. The molecule has 0 saturated heterocycles. The van der Waals surface area contributed by atoms with Crippen molar-refractivity contribution in [2.24, 2.45) is 5.10 Å². The smallest absolute Gasteiger partial charge is 0.237 e. The Morgan fingerprint density at radius 3 is 2.60 bits per heavy atom. The van der Waals surface area contributed by atoms with E-state index in [1.807, 2.05) is 0 Å². The third-order valence-electron chi connectivity index (χ3n) is 1.45. The minimum absolute atomic E-state index is 0.0674. The van der Waals surface area contributed by atoms with Crippen molar-refractivity contribution in [3.05, 3.63) is 29.0 Å². The molecule has 15 heavy (non-hydrogen) atoms. The number of rotatable bonds is 2. The molecule has 1 rings (SSSR count). The van der Waals surface area contributed by atoms with Crippen LogP contribution in [0.2, 0.25) is 5.02 Å². The molecule has 0 aromatic heterocycles. The lowest BCUT2D eigenvalue weighted by Crippen LogP contribution is -1.98. The molecule has 0 radical (unpaired) electrons. The van der Waals surface area contributed by atoms with Gasteiger partial charge in [-0.2, -0.15) is 15.6 Å². The highest BCUT2D eigenvalue weighted by atomic mass is 35.5. The van der Waals surface area contributed by atoms with Crippen LogP contribution in [0.3, 0.4) is 0 Å². The number of nitrogens with zero attached hydrogens (tertiary/aromatic N) is 3. The molecule has 0 amide bonds. The standard InChI is InChI=1S/C9H4ClFN4/c10-7-2-1-3-8(11)9(7)15-14-6(4-12)5-13/h1-3,15H. The van der Waals surface area contributed by atoms with Crippen LogP contribution in [0, 0.1) is 28.5 Å². The minimum Gasteiger partial charge on any atom is -0.272 e. The molecule has 6 heteroatoms. The van der Waals surface area contributed by atoms with Gasteiger partial charge in [-0.25, -0.2) is 4.39 Å². The summed E-state index contributed by atoms with van der Waals surface area (Å²) in [5.74, 6) is -0.610. The molecule has 1 N–H and O–H groups in total. The second-order valence-electron chi connectivity index (χ2n) is 2.39. The average Bonchev–Trinajstić information content (AvgIpc) is 2.23. The van der Waals surface area contributed by atoms with Crippen LogP contribution in [-0.4, -0.2) is 5.71 Å². The zero-order valence-electron chi connectivity index (χ0n) is 7.33. The summed E-state index contributed by atoms with van der Waals surface area (Å²) in [4.78, 5) is 0. The minimum atomic E-state index is -0.610. The Bertz CT molecular complexity index is 448. The van der Waals surface area contributed by atoms with Crippen molar-refractivity contribution in [2.45, 2.75) is 0 Å².